The van der Waals surface area contributed by atoms with E-state index in [2.05, 4.69) is 10.3 Å². The van der Waals surface area contributed by atoms with Crippen LogP contribution in [-0.4, -0.2) is 41.7 Å². The SMILES string of the molecule is CCOC(=O)N1CCC(Nc2cc(N)c(C)cn2)CC1. The Hall–Kier alpha value is -1.98. The van der Waals surface area contributed by atoms with E-state index in [0.717, 1.165) is 29.9 Å². The van der Waals surface area contributed by atoms with Crippen molar-refractivity contribution in [3.8, 4) is 0 Å². The fraction of sp³-hybridized carbons (Fsp3) is 0.571. The van der Waals surface area contributed by atoms with Gasteiger partial charge in [0.05, 0.1) is 6.61 Å². The summed E-state index contributed by atoms with van der Waals surface area (Å²) in [6.07, 6.45) is 3.32. The zero-order valence-corrected chi connectivity index (χ0v) is 12.1. The molecule has 6 heteroatoms. The molecule has 2 rings (SSSR count). The molecule has 0 radical (unpaired) electrons. The highest BCUT2D eigenvalue weighted by molar-refractivity contribution is 5.67. The number of piperidine rings is 1. The molecule has 3 N–H and O–H groups in total. The minimum atomic E-state index is -0.219. The molecule has 0 atom stereocenters. The van der Waals surface area contributed by atoms with Crippen molar-refractivity contribution in [2.45, 2.75) is 32.7 Å². The number of ether oxygens (including phenoxy) is 1. The molecule has 110 valence electrons. The molecule has 0 aromatic carbocycles. The molecule has 0 spiro atoms. The first-order valence-corrected chi connectivity index (χ1v) is 7.00. The summed E-state index contributed by atoms with van der Waals surface area (Å²) in [4.78, 5) is 17.7. The largest absolute Gasteiger partial charge is 0.450 e. The topological polar surface area (TPSA) is 80.5 Å². The summed E-state index contributed by atoms with van der Waals surface area (Å²) in [6.45, 7) is 5.59. The van der Waals surface area contributed by atoms with Crippen molar-refractivity contribution in [2.24, 2.45) is 0 Å². The second-order valence-corrected chi connectivity index (χ2v) is 5.03. The van der Waals surface area contributed by atoms with Crippen molar-refractivity contribution >= 4 is 17.6 Å². The Morgan fingerprint density at radius 2 is 2.25 bits per heavy atom. The van der Waals surface area contributed by atoms with Crippen molar-refractivity contribution in [1.29, 1.82) is 0 Å². The number of hydrogen-bond acceptors (Lipinski definition) is 5. The number of amides is 1. The number of carbonyl (C=O) groups is 1. The van der Waals surface area contributed by atoms with Crippen LogP contribution in [0.3, 0.4) is 0 Å². The molecule has 1 aliphatic heterocycles. The first kappa shape index (κ1) is 14.4. The number of pyridine rings is 1. The number of hydrogen-bond donors (Lipinski definition) is 2. The highest BCUT2D eigenvalue weighted by Gasteiger charge is 2.23. The number of rotatable bonds is 3. The average Bonchev–Trinajstić information content (AvgIpc) is 2.44. The van der Waals surface area contributed by atoms with E-state index in [-0.39, 0.29) is 6.09 Å². The molecule has 1 aliphatic rings. The Labute approximate surface area is 119 Å². The van der Waals surface area contributed by atoms with Crippen LogP contribution in [-0.2, 0) is 4.74 Å². The van der Waals surface area contributed by atoms with E-state index < -0.39 is 0 Å². The fourth-order valence-corrected chi connectivity index (χ4v) is 2.25. The first-order valence-electron chi connectivity index (χ1n) is 7.00. The number of carbonyl (C=O) groups excluding carboxylic acids is 1. The maximum Gasteiger partial charge on any atom is 0.409 e. The maximum atomic E-state index is 11.6. The summed E-state index contributed by atoms with van der Waals surface area (Å²) < 4.78 is 5.00. The van der Waals surface area contributed by atoms with Gasteiger partial charge in [-0.1, -0.05) is 0 Å². The summed E-state index contributed by atoms with van der Waals surface area (Å²) in [5, 5.41) is 3.37. The van der Waals surface area contributed by atoms with Crippen LogP contribution in [0.5, 0.6) is 0 Å². The predicted octanol–water partition coefficient (Wildman–Crippen LogP) is 2.01. The van der Waals surface area contributed by atoms with Crippen LogP contribution in [0.4, 0.5) is 16.3 Å². The summed E-state index contributed by atoms with van der Waals surface area (Å²) in [6, 6.07) is 2.17. The summed E-state index contributed by atoms with van der Waals surface area (Å²) in [7, 11) is 0. The zero-order valence-electron chi connectivity index (χ0n) is 12.1. The predicted molar refractivity (Wildman–Crippen MR) is 78.6 cm³/mol. The molecule has 0 unspecified atom stereocenters. The lowest BCUT2D eigenvalue weighted by Gasteiger charge is -2.31. The number of nitrogens with two attached hydrogens (primary N) is 1. The number of aromatic nitrogens is 1. The van der Waals surface area contributed by atoms with Gasteiger partial charge in [-0.3, -0.25) is 0 Å². The van der Waals surface area contributed by atoms with Gasteiger partial charge in [-0.15, -0.1) is 0 Å². The molecule has 1 amide bonds. The van der Waals surface area contributed by atoms with Crippen LogP contribution in [0.1, 0.15) is 25.3 Å². The third-order valence-electron chi connectivity index (χ3n) is 3.52. The molecule has 1 aromatic heterocycles. The van der Waals surface area contributed by atoms with Crippen molar-refractivity contribution < 1.29 is 9.53 Å². The van der Waals surface area contributed by atoms with E-state index in [0.29, 0.717) is 25.7 Å². The van der Waals surface area contributed by atoms with Gasteiger partial charge in [0, 0.05) is 37.1 Å². The first-order chi connectivity index (χ1) is 9.60. The molecule has 20 heavy (non-hydrogen) atoms. The minimum absolute atomic E-state index is 0.219. The lowest BCUT2D eigenvalue weighted by atomic mass is 10.1. The van der Waals surface area contributed by atoms with Gasteiger partial charge in [-0.2, -0.15) is 0 Å². The van der Waals surface area contributed by atoms with Gasteiger partial charge >= 0.3 is 6.09 Å². The van der Waals surface area contributed by atoms with Crippen LogP contribution in [0.15, 0.2) is 12.3 Å². The van der Waals surface area contributed by atoms with Crippen LogP contribution < -0.4 is 11.1 Å². The molecule has 1 aromatic rings. The highest BCUT2D eigenvalue weighted by Crippen LogP contribution is 2.18. The van der Waals surface area contributed by atoms with Gasteiger partial charge in [0.2, 0.25) is 0 Å². The van der Waals surface area contributed by atoms with Gasteiger partial charge < -0.3 is 20.7 Å². The Morgan fingerprint density at radius 1 is 1.55 bits per heavy atom. The van der Waals surface area contributed by atoms with Crippen molar-refractivity contribution in [3.63, 3.8) is 0 Å². The second kappa shape index (κ2) is 6.45. The maximum absolute atomic E-state index is 11.6. The fourth-order valence-electron chi connectivity index (χ4n) is 2.25. The standard InChI is InChI=1S/C14H22N4O2/c1-3-20-14(19)18-6-4-11(5-7-18)17-13-8-12(15)10(2)9-16-13/h8-9,11H,3-7H2,1-2H3,(H3,15,16,17). The van der Waals surface area contributed by atoms with Crippen LogP contribution in [0.2, 0.25) is 0 Å². The quantitative estimate of drug-likeness (QED) is 0.884. The normalized spacial score (nSPS) is 16.0. The van der Waals surface area contributed by atoms with E-state index in [4.69, 9.17) is 10.5 Å². The van der Waals surface area contributed by atoms with Crippen molar-refractivity contribution in [2.75, 3.05) is 30.7 Å². The summed E-state index contributed by atoms with van der Waals surface area (Å²) >= 11 is 0. The third kappa shape index (κ3) is 3.53. The van der Waals surface area contributed by atoms with Crippen molar-refractivity contribution in [3.05, 3.63) is 17.8 Å². The molecule has 0 saturated carbocycles. The van der Waals surface area contributed by atoms with Crippen LogP contribution in [0, 0.1) is 6.92 Å². The number of nitrogens with zero attached hydrogens (tertiary/aromatic N) is 2. The van der Waals surface area contributed by atoms with E-state index in [1.807, 2.05) is 19.9 Å². The summed E-state index contributed by atoms with van der Waals surface area (Å²) in [5.74, 6) is 0.794. The molecule has 1 saturated heterocycles. The molecule has 1 fully saturated rings. The van der Waals surface area contributed by atoms with Gasteiger partial charge in [0.15, 0.2) is 0 Å². The lowest BCUT2D eigenvalue weighted by molar-refractivity contribution is 0.0983. The lowest BCUT2D eigenvalue weighted by Crippen LogP contribution is -2.42. The Morgan fingerprint density at radius 3 is 2.85 bits per heavy atom. The molecule has 0 aliphatic carbocycles. The monoisotopic (exact) mass is 278 g/mol. The van der Waals surface area contributed by atoms with Gasteiger partial charge in [-0.25, -0.2) is 9.78 Å². The second-order valence-electron chi connectivity index (χ2n) is 5.03. The molecular formula is C14H22N4O2. The van der Waals surface area contributed by atoms with E-state index in [1.165, 1.54) is 0 Å². The molecular weight excluding hydrogens is 256 g/mol. The van der Waals surface area contributed by atoms with E-state index in [9.17, 15) is 4.79 Å². The highest BCUT2D eigenvalue weighted by atomic mass is 16.6. The smallest absolute Gasteiger partial charge is 0.409 e. The molecule has 2 heterocycles. The Bertz CT molecular complexity index is 470. The van der Waals surface area contributed by atoms with Crippen molar-refractivity contribution in [1.82, 2.24) is 9.88 Å². The van der Waals surface area contributed by atoms with Gasteiger partial charge in [0.1, 0.15) is 5.82 Å². The zero-order chi connectivity index (χ0) is 14.5. The number of likely N-dealkylation sites (tertiary alicyclic amines) is 1. The average molecular weight is 278 g/mol. The van der Waals surface area contributed by atoms with E-state index in [1.54, 1.807) is 11.1 Å². The molecule has 6 nitrogen and oxygen atoms in total. The Kier molecular flexibility index (Phi) is 4.65. The minimum Gasteiger partial charge on any atom is -0.450 e. The summed E-state index contributed by atoms with van der Waals surface area (Å²) in [5.41, 5.74) is 7.59. The molecule has 0 bridgehead atoms. The number of nitrogen functional groups attached to an aromatic ring is 1. The number of aryl methyl sites for hydroxylation is 1. The third-order valence-corrected chi connectivity index (χ3v) is 3.52. The number of nitrogens with one attached hydrogen (secondary N) is 1. The van der Waals surface area contributed by atoms with Gasteiger partial charge in [0.25, 0.3) is 0 Å². The van der Waals surface area contributed by atoms with Crippen LogP contribution >= 0.6 is 0 Å². The number of anilines is 2. The Balaban J connectivity index is 1.85. The van der Waals surface area contributed by atoms with Gasteiger partial charge in [-0.05, 0) is 32.3 Å². The van der Waals surface area contributed by atoms with Crippen LogP contribution in [0.25, 0.3) is 0 Å². The van der Waals surface area contributed by atoms with E-state index >= 15 is 0 Å².